The third-order valence-corrected chi connectivity index (χ3v) is 1.96. The van der Waals surface area contributed by atoms with Crippen molar-refractivity contribution in [1.29, 1.82) is 0 Å². The number of anilines is 1. The van der Waals surface area contributed by atoms with Crippen LogP contribution in [0.5, 0.6) is 6.01 Å². The van der Waals surface area contributed by atoms with Crippen LogP contribution in [0, 0.1) is 5.41 Å². The SMILES string of the molecule is CC(=O)Nc1ccnc(OCC(C)(C)CO)n1. The van der Waals surface area contributed by atoms with Crippen LogP contribution >= 0.6 is 0 Å². The molecule has 0 aliphatic carbocycles. The van der Waals surface area contributed by atoms with Crippen LogP contribution < -0.4 is 10.1 Å². The van der Waals surface area contributed by atoms with Crippen LogP contribution in [0.4, 0.5) is 5.82 Å². The lowest BCUT2D eigenvalue weighted by molar-refractivity contribution is -0.114. The van der Waals surface area contributed by atoms with E-state index in [0.29, 0.717) is 12.4 Å². The number of amides is 1. The molecule has 0 radical (unpaired) electrons. The normalized spacial score (nSPS) is 11.1. The van der Waals surface area contributed by atoms with E-state index < -0.39 is 0 Å². The van der Waals surface area contributed by atoms with Crippen LogP contribution in [-0.4, -0.2) is 34.2 Å². The quantitative estimate of drug-likeness (QED) is 0.795. The summed E-state index contributed by atoms with van der Waals surface area (Å²) >= 11 is 0. The first-order chi connectivity index (χ1) is 7.93. The summed E-state index contributed by atoms with van der Waals surface area (Å²) in [4.78, 5) is 18.8. The second-order valence-corrected chi connectivity index (χ2v) is 4.52. The van der Waals surface area contributed by atoms with E-state index in [1.807, 2.05) is 13.8 Å². The van der Waals surface area contributed by atoms with Gasteiger partial charge in [-0.15, -0.1) is 0 Å². The standard InChI is InChI=1S/C11H17N3O3/c1-8(16)13-9-4-5-12-10(14-9)17-7-11(2,3)6-15/h4-5,15H,6-7H2,1-3H3,(H,12,13,14,16). The number of ether oxygens (including phenoxy) is 1. The van der Waals surface area contributed by atoms with E-state index in [1.165, 1.54) is 13.1 Å². The van der Waals surface area contributed by atoms with Crippen LogP contribution in [-0.2, 0) is 4.79 Å². The van der Waals surface area contributed by atoms with Crippen molar-refractivity contribution in [1.82, 2.24) is 9.97 Å². The van der Waals surface area contributed by atoms with Crippen molar-refractivity contribution in [2.24, 2.45) is 5.41 Å². The van der Waals surface area contributed by atoms with E-state index in [-0.39, 0.29) is 23.9 Å². The van der Waals surface area contributed by atoms with Gasteiger partial charge >= 0.3 is 6.01 Å². The predicted molar refractivity (Wildman–Crippen MR) is 62.7 cm³/mol. The average Bonchev–Trinajstić information content (AvgIpc) is 2.26. The highest BCUT2D eigenvalue weighted by molar-refractivity contribution is 5.87. The third kappa shape index (κ3) is 4.78. The summed E-state index contributed by atoms with van der Waals surface area (Å²) in [5.41, 5.74) is -0.354. The highest BCUT2D eigenvalue weighted by Crippen LogP contribution is 2.16. The third-order valence-electron chi connectivity index (χ3n) is 1.96. The van der Waals surface area contributed by atoms with Gasteiger partial charge in [0.15, 0.2) is 0 Å². The molecule has 94 valence electrons. The minimum absolute atomic E-state index is 0.0123. The van der Waals surface area contributed by atoms with Gasteiger partial charge in [-0.05, 0) is 6.07 Å². The molecule has 6 heteroatoms. The molecule has 0 unspecified atom stereocenters. The number of carbonyl (C=O) groups is 1. The molecular weight excluding hydrogens is 222 g/mol. The van der Waals surface area contributed by atoms with Crippen molar-refractivity contribution in [3.05, 3.63) is 12.3 Å². The van der Waals surface area contributed by atoms with Crippen molar-refractivity contribution in [2.45, 2.75) is 20.8 Å². The van der Waals surface area contributed by atoms with Gasteiger partial charge in [0.05, 0.1) is 13.2 Å². The number of carbonyl (C=O) groups excluding carboxylic acids is 1. The van der Waals surface area contributed by atoms with Gasteiger partial charge in [0, 0.05) is 18.5 Å². The van der Waals surface area contributed by atoms with Crippen LogP contribution in [0.3, 0.4) is 0 Å². The maximum Gasteiger partial charge on any atom is 0.318 e. The fourth-order valence-electron chi connectivity index (χ4n) is 0.966. The van der Waals surface area contributed by atoms with E-state index in [2.05, 4.69) is 15.3 Å². The summed E-state index contributed by atoms with van der Waals surface area (Å²) in [5.74, 6) is 0.189. The maximum atomic E-state index is 10.8. The molecule has 0 saturated heterocycles. The molecule has 0 aliphatic heterocycles. The van der Waals surface area contributed by atoms with Crippen LogP contribution in [0.25, 0.3) is 0 Å². The first-order valence-electron chi connectivity index (χ1n) is 5.27. The summed E-state index contributed by atoms with van der Waals surface area (Å²) in [6.07, 6.45) is 1.50. The van der Waals surface area contributed by atoms with E-state index >= 15 is 0 Å². The second-order valence-electron chi connectivity index (χ2n) is 4.52. The van der Waals surface area contributed by atoms with E-state index in [9.17, 15) is 4.79 Å². The number of hydrogen-bond donors (Lipinski definition) is 2. The molecule has 0 fully saturated rings. The zero-order valence-corrected chi connectivity index (χ0v) is 10.2. The Morgan fingerprint density at radius 3 is 2.88 bits per heavy atom. The van der Waals surface area contributed by atoms with E-state index in [0.717, 1.165) is 0 Å². The maximum absolute atomic E-state index is 10.8. The zero-order chi connectivity index (χ0) is 12.9. The predicted octanol–water partition coefficient (Wildman–Crippen LogP) is 0.832. The Balaban J connectivity index is 2.63. The number of nitrogens with zero attached hydrogens (tertiary/aromatic N) is 2. The molecule has 1 aromatic heterocycles. The van der Waals surface area contributed by atoms with Gasteiger partial charge < -0.3 is 15.2 Å². The Kier molecular flexibility index (Phi) is 4.39. The Labute approximate surface area is 100 Å². The lowest BCUT2D eigenvalue weighted by Gasteiger charge is -2.20. The lowest BCUT2D eigenvalue weighted by atomic mass is 9.97. The minimum atomic E-state index is -0.354. The molecule has 1 amide bonds. The van der Waals surface area contributed by atoms with Crippen LogP contribution in [0.2, 0.25) is 0 Å². The molecule has 6 nitrogen and oxygen atoms in total. The van der Waals surface area contributed by atoms with Crippen LogP contribution in [0.1, 0.15) is 20.8 Å². The van der Waals surface area contributed by atoms with Gasteiger partial charge in [0.2, 0.25) is 5.91 Å². The molecule has 0 aliphatic rings. The van der Waals surface area contributed by atoms with Crippen molar-refractivity contribution in [2.75, 3.05) is 18.5 Å². The number of aliphatic hydroxyl groups is 1. The van der Waals surface area contributed by atoms with Gasteiger partial charge in [0.25, 0.3) is 0 Å². The van der Waals surface area contributed by atoms with Crippen molar-refractivity contribution >= 4 is 11.7 Å². The van der Waals surface area contributed by atoms with Gasteiger partial charge in [-0.1, -0.05) is 13.8 Å². The molecule has 0 bridgehead atoms. The number of aromatic nitrogens is 2. The number of aliphatic hydroxyl groups excluding tert-OH is 1. The summed E-state index contributed by atoms with van der Waals surface area (Å²) in [6, 6.07) is 1.75. The van der Waals surface area contributed by atoms with E-state index in [4.69, 9.17) is 9.84 Å². The lowest BCUT2D eigenvalue weighted by Crippen LogP contribution is -2.26. The smallest absolute Gasteiger partial charge is 0.318 e. The van der Waals surface area contributed by atoms with E-state index in [1.54, 1.807) is 6.07 Å². The highest BCUT2D eigenvalue weighted by atomic mass is 16.5. The number of nitrogens with one attached hydrogen (secondary N) is 1. The monoisotopic (exact) mass is 239 g/mol. The van der Waals surface area contributed by atoms with Crippen molar-refractivity contribution in [3.8, 4) is 6.01 Å². The highest BCUT2D eigenvalue weighted by Gasteiger charge is 2.18. The Morgan fingerprint density at radius 1 is 1.59 bits per heavy atom. The van der Waals surface area contributed by atoms with Crippen molar-refractivity contribution < 1.29 is 14.6 Å². The molecule has 17 heavy (non-hydrogen) atoms. The Morgan fingerprint density at radius 2 is 2.29 bits per heavy atom. The zero-order valence-electron chi connectivity index (χ0n) is 10.2. The molecule has 1 heterocycles. The van der Waals surface area contributed by atoms with Crippen LogP contribution in [0.15, 0.2) is 12.3 Å². The summed E-state index contributed by atoms with van der Waals surface area (Å²) in [5, 5.41) is 11.6. The van der Waals surface area contributed by atoms with Gasteiger partial charge in [-0.3, -0.25) is 4.79 Å². The van der Waals surface area contributed by atoms with Gasteiger partial charge in [-0.25, -0.2) is 4.98 Å². The first kappa shape index (κ1) is 13.4. The fourth-order valence-corrected chi connectivity index (χ4v) is 0.966. The molecule has 0 saturated carbocycles. The number of rotatable bonds is 5. The minimum Gasteiger partial charge on any atom is -0.463 e. The molecule has 0 aromatic carbocycles. The van der Waals surface area contributed by atoms with Gasteiger partial charge in [-0.2, -0.15) is 4.98 Å². The summed E-state index contributed by atoms with van der Waals surface area (Å²) < 4.78 is 5.35. The number of hydrogen-bond acceptors (Lipinski definition) is 5. The molecule has 2 N–H and O–H groups in total. The second kappa shape index (κ2) is 5.58. The summed E-state index contributed by atoms with van der Waals surface area (Å²) in [6.45, 7) is 5.44. The first-order valence-corrected chi connectivity index (χ1v) is 5.27. The average molecular weight is 239 g/mol. The molecular formula is C11H17N3O3. The van der Waals surface area contributed by atoms with Gasteiger partial charge in [0.1, 0.15) is 5.82 Å². The Hall–Kier alpha value is -1.69. The topological polar surface area (TPSA) is 84.3 Å². The summed E-state index contributed by atoms with van der Waals surface area (Å²) in [7, 11) is 0. The molecule has 0 atom stereocenters. The largest absolute Gasteiger partial charge is 0.463 e. The van der Waals surface area contributed by atoms with Crippen molar-refractivity contribution in [3.63, 3.8) is 0 Å². The molecule has 0 spiro atoms. The molecule has 1 aromatic rings. The Bertz CT molecular complexity index is 393. The molecule has 1 rings (SSSR count). The fraction of sp³-hybridized carbons (Fsp3) is 0.545.